The molecule has 3 aromatic rings. The average molecular weight is 423 g/mol. The van der Waals surface area contributed by atoms with Gasteiger partial charge < -0.3 is 20.3 Å². The summed E-state index contributed by atoms with van der Waals surface area (Å²) in [6.07, 6.45) is 4.29. The van der Waals surface area contributed by atoms with E-state index >= 15 is 0 Å². The Morgan fingerprint density at radius 2 is 1.90 bits per heavy atom. The Morgan fingerprint density at radius 3 is 2.58 bits per heavy atom. The van der Waals surface area contributed by atoms with Gasteiger partial charge in [-0.3, -0.25) is 15.1 Å². The smallest absolute Gasteiger partial charge is 0.296 e. The summed E-state index contributed by atoms with van der Waals surface area (Å²) < 4.78 is 5.10. The van der Waals surface area contributed by atoms with Crippen LogP contribution in [0.3, 0.4) is 0 Å². The zero-order valence-corrected chi connectivity index (χ0v) is 17.7. The molecule has 0 spiro atoms. The summed E-state index contributed by atoms with van der Waals surface area (Å²) in [7, 11) is 5.50. The molecule has 1 aromatic carbocycles. The van der Waals surface area contributed by atoms with Gasteiger partial charge >= 0.3 is 0 Å². The van der Waals surface area contributed by atoms with Crippen LogP contribution in [0.15, 0.2) is 48.8 Å². The molecule has 0 fully saturated rings. The molecule has 162 valence electrons. The van der Waals surface area contributed by atoms with Crippen LogP contribution in [0.25, 0.3) is 11.3 Å². The first-order valence-corrected chi connectivity index (χ1v) is 9.74. The second-order valence-electron chi connectivity index (χ2n) is 7.05. The van der Waals surface area contributed by atoms with Crippen LogP contribution in [-0.2, 0) is 0 Å². The predicted molar refractivity (Wildman–Crippen MR) is 120 cm³/mol. The maximum absolute atomic E-state index is 11.5. The zero-order valence-electron chi connectivity index (χ0n) is 17.7. The van der Waals surface area contributed by atoms with Crippen LogP contribution in [0.1, 0.15) is 6.42 Å². The Hall–Kier alpha value is -3.79. The molecule has 2 aromatic heterocycles. The SMILES string of the molecule is COc1ccc(Nc2cc(-c3ccncc3)nc(NCCCN(C)C)n2)c([N+](=O)[O-])c1. The summed E-state index contributed by atoms with van der Waals surface area (Å²) in [6.45, 7) is 1.63. The summed E-state index contributed by atoms with van der Waals surface area (Å²) in [6, 6.07) is 10.0. The van der Waals surface area contributed by atoms with Gasteiger partial charge in [-0.2, -0.15) is 4.98 Å². The summed E-state index contributed by atoms with van der Waals surface area (Å²) in [5, 5.41) is 17.8. The molecule has 2 heterocycles. The quantitative estimate of drug-likeness (QED) is 0.286. The highest BCUT2D eigenvalue weighted by Gasteiger charge is 2.17. The molecule has 10 nitrogen and oxygen atoms in total. The number of anilines is 3. The van der Waals surface area contributed by atoms with Crippen molar-refractivity contribution in [2.24, 2.45) is 0 Å². The molecule has 0 aliphatic heterocycles. The van der Waals surface area contributed by atoms with Gasteiger partial charge in [-0.25, -0.2) is 4.98 Å². The maximum atomic E-state index is 11.5. The summed E-state index contributed by atoms with van der Waals surface area (Å²) in [5.41, 5.74) is 1.74. The molecule has 0 unspecified atom stereocenters. The molecule has 31 heavy (non-hydrogen) atoms. The molecule has 3 rings (SSSR count). The van der Waals surface area contributed by atoms with Gasteiger partial charge in [-0.05, 0) is 51.3 Å². The number of hydrogen-bond donors (Lipinski definition) is 2. The van der Waals surface area contributed by atoms with Gasteiger partial charge in [0, 0.05) is 30.6 Å². The number of ether oxygens (including phenoxy) is 1. The first-order chi connectivity index (χ1) is 15.0. The van der Waals surface area contributed by atoms with Crippen molar-refractivity contribution in [3.63, 3.8) is 0 Å². The molecule has 0 aliphatic carbocycles. The van der Waals surface area contributed by atoms with Crippen molar-refractivity contribution in [1.82, 2.24) is 19.9 Å². The standard InChI is InChI=1S/C21H25N7O3/c1-27(2)12-4-9-23-21-25-18(15-7-10-22-11-8-15)14-20(26-21)24-17-6-5-16(31-3)13-19(17)28(29)30/h5-8,10-11,13-14H,4,9,12H2,1-3H3,(H2,23,24,25,26). The maximum Gasteiger partial charge on any atom is 0.296 e. The van der Waals surface area contributed by atoms with Crippen LogP contribution >= 0.6 is 0 Å². The molecule has 0 radical (unpaired) electrons. The van der Waals surface area contributed by atoms with Crippen LogP contribution in [0.2, 0.25) is 0 Å². The van der Waals surface area contributed by atoms with E-state index in [0.717, 1.165) is 18.5 Å². The number of rotatable bonds is 10. The summed E-state index contributed by atoms with van der Waals surface area (Å²) in [5.74, 6) is 1.28. The van der Waals surface area contributed by atoms with E-state index in [1.807, 2.05) is 26.2 Å². The van der Waals surface area contributed by atoms with Crippen LogP contribution in [-0.4, -0.2) is 59.1 Å². The zero-order chi connectivity index (χ0) is 22.2. The minimum absolute atomic E-state index is 0.107. The van der Waals surface area contributed by atoms with Crippen molar-refractivity contribution < 1.29 is 9.66 Å². The van der Waals surface area contributed by atoms with E-state index < -0.39 is 4.92 Å². The van der Waals surface area contributed by atoms with Crippen molar-refractivity contribution in [3.05, 3.63) is 58.9 Å². The first kappa shape index (κ1) is 21.9. The number of nitro groups is 1. The number of hydrogen-bond acceptors (Lipinski definition) is 9. The molecule has 10 heteroatoms. The van der Waals surface area contributed by atoms with Crippen molar-refractivity contribution in [2.75, 3.05) is 44.9 Å². The van der Waals surface area contributed by atoms with Crippen molar-refractivity contribution in [2.45, 2.75) is 6.42 Å². The Balaban J connectivity index is 1.92. The molecule has 0 saturated carbocycles. The number of aromatic nitrogens is 3. The molecular weight excluding hydrogens is 398 g/mol. The summed E-state index contributed by atoms with van der Waals surface area (Å²) >= 11 is 0. The number of methoxy groups -OCH3 is 1. The van der Waals surface area contributed by atoms with E-state index in [4.69, 9.17) is 4.74 Å². The highest BCUT2D eigenvalue weighted by molar-refractivity contribution is 5.72. The number of benzene rings is 1. The fourth-order valence-corrected chi connectivity index (χ4v) is 2.89. The average Bonchev–Trinajstić information content (AvgIpc) is 2.77. The van der Waals surface area contributed by atoms with E-state index in [1.165, 1.54) is 13.2 Å². The van der Waals surface area contributed by atoms with Gasteiger partial charge in [0.05, 0.1) is 23.8 Å². The second-order valence-corrected chi connectivity index (χ2v) is 7.05. The largest absolute Gasteiger partial charge is 0.496 e. The Kier molecular flexibility index (Phi) is 7.28. The van der Waals surface area contributed by atoms with Crippen LogP contribution in [0.4, 0.5) is 23.1 Å². The van der Waals surface area contributed by atoms with Gasteiger partial charge in [-0.1, -0.05) is 0 Å². The minimum atomic E-state index is -0.462. The van der Waals surface area contributed by atoms with Crippen LogP contribution in [0, 0.1) is 10.1 Å². The third kappa shape index (κ3) is 6.09. The molecule has 0 atom stereocenters. The summed E-state index contributed by atoms with van der Waals surface area (Å²) in [4.78, 5) is 26.3. The molecule has 2 N–H and O–H groups in total. The molecule has 0 bridgehead atoms. The van der Waals surface area contributed by atoms with E-state index in [1.54, 1.807) is 30.6 Å². The highest BCUT2D eigenvalue weighted by Crippen LogP contribution is 2.32. The normalized spacial score (nSPS) is 10.7. The van der Waals surface area contributed by atoms with Crippen LogP contribution < -0.4 is 15.4 Å². The van der Waals surface area contributed by atoms with Gasteiger partial charge in [0.2, 0.25) is 5.95 Å². The van der Waals surface area contributed by atoms with E-state index in [0.29, 0.717) is 35.4 Å². The first-order valence-electron chi connectivity index (χ1n) is 9.74. The number of nitrogens with zero attached hydrogens (tertiary/aromatic N) is 5. The lowest BCUT2D eigenvalue weighted by atomic mass is 10.2. The minimum Gasteiger partial charge on any atom is -0.496 e. The Morgan fingerprint density at radius 1 is 1.13 bits per heavy atom. The van der Waals surface area contributed by atoms with Crippen LogP contribution in [0.5, 0.6) is 5.75 Å². The third-order valence-electron chi connectivity index (χ3n) is 4.43. The number of nitro benzene ring substituents is 1. The third-order valence-corrected chi connectivity index (χ3v) is 4.43. The molecule has 0 aliphatic rings. The Labute approximate surface area is 180 Å². The van der Waals surface area contributed by atoms with E-state index in [9.17, 15) is 10.1 Å². The van der Waals surface area contributed by atoms with E-state index in [-0.39, 0.29) is 5.69 Å². The van der Waals surface area contributed by atoms with Gasteiger partial charge in [0.1, 0.15) is 17.3 Å². The van der Waals surface area contributed by atoms with Gasteiger partial charge in [0.15, 0.2) is 0 Å². The van der Waals surface area contributed by atoms with E-state index in [2.05, 4.69) is 30.5 Å². The van der Waals surface area contributed by atoms with Gasteiger partial charge in [-0.15, -0.1) is 0 Å². The lowest BCUT2D eigenvalue weighted by Gasteiger charge is -2.13. The second kappa shape index (κ2) is 10.3. The van der Waals surface area contributed by atoms with Crippen molar-refractivity contribution in [1.29, 1.82) is 0 Å². The Bertz CT molecular complexity index is 1030. The molecule has 0 saturated heterocycles. The number of pyridine rings is 1. The lowest BCUT2D eigenvalue weighted by molar-refractivity contribution is -0.384. The molecule has 0 amide bonds. The fraction of sp³-hybridized carbons (Fsp3) is 0.286. The predicted octanol–water partition coefficient (Wildman–Crippen LogP) is 3.56. The highest BCUT2D eigenvalue weighted by atomic mass is 16.6. The van der Waals surface area contributed by atoms with Crippen molar-refractivity contribution in [3.8, 4) is 17.0 Å². The van der Waals surface area contributed by atoms with Gasteiger partial charge in [0.25, 0.3) is 5.69 Å². The fourth-order valence-electron chi connectivity index (χ4n) is 2.89. The lowest BCUT2D eigenvalue weighted by Crippen LogP contribution is -2.17. The monoisotopic (exact) mass is 423 g/mol. The molecular formula is C21H25N7O3. The van der Waals surface area contributed by atoms with Crippen molar-refractivity contribution >= 4 is 23.1 Å². The topological polar surface area (TPSA) is 118 Å². The number of nitrogens with one attached hydrogen (secondary N) is 2.